The van der Waals surface area contributed by atoms with Gasteiger partial charge in [-0.25, -0.2) is 4.39 Å². The second-order valence-corrected chi connectivity index (χ2v) is 13.7. The third-order valence-corrected chi connectivity index (χ3v) is 9.93. The van der Waals surface area contributed by atoms with Crippen molar-refractivity contribution in [1.29, 1.82) is 0 Å². The van der Waals surface area contributed by atoms with Gasteiger partial charge in [-0.05, 0) is 80.4 Å². The van der Waals surface area contributed by atoms with Gasteiger partial charge in [-0.3, -0.25) is 38.9 Å². The molecule has 0 radical (unpaired) electrons. The van der Waals surface area contributed by atoms with Gasteiger partial charge in [0.1, 0.15) is 16.9 Å². The lowest BCUT2D eigenvalue weighted by molar-refractivity contribution is 0.0374. The molecule has 55 heavy (non-hydrogen) atoms. The van der Waals surface area contributed by atoms with E-state index < -0.39 is 34.6 Å². The Morgan fingerprint density at radius 3 is 2.02 bits per heavy atom. The van der Waals surface area contributed by atoms with E-state index >= 15 is 0 Å². The summed E-state index contributed by atoms with van der Waals surface area (Å²) in [4.78, 5) is 63.3. The highest BCUT2D eigenvalue weighted by molar-refractivity contribution is 6.21. The van der Waals surface area contributed by atoms with Gasteiger partial charge in [0.2, 0.25) is 0 Å². The van der Waals surface area contributed by atoms with Crippen molar-refractivity contribution in [2.75, 3.05) is 85.3 Å². The number of carbonyl (C=O) groups excluding carboxylic acids is 3. The predicted molar refractivity (Wildman–Crippen MR) is 204 cm³/mol. The zero-order valence-corrected chi connectivity index (χ0v) is 30.9. The van der Waals surface area contributed by atoms with Crippen LogP contribution >= 0.6 is 0 Å². The van der Waals surface area contributed by atoms with Gasteiger partial charge >= 0.3 is 0 Å². The van der Waals surface area contributed by atoms with Gasteiger partial charge in [-0.1, -0.05) is 24.3 Å². The summed E-state index contributed by atoms with van der Waals surface area (Å²) in [6.07, 6.45) is 3.63. The zero-order chi connectivity index (χ0) is 38.7. The standard InChI is InChI=1S/C33H32FN5O6.C7H16N2O/c34-23-8-6-21(7-9-23)18-22-19-26-28(36-20-22)29(40)27(30(41)35-10-3-11-37-14-16-45-17-15-37)33(44)38(26)12-13-39-31(42)24-4-1-2-5-25(24)32(39)43;8-2-1-3-9-4-6-10-7-5-9/h1-2,4-9,19-20,40H,3,10-18H2,(H,35,41);1-8H2. The summed E-state index contributed by atoms with van der Waals surface area (Å²) >= 11 is 0. The lowest BCUT2D eigenvalue weighted by Crippen LogP contribution is -2.39. The van der Waals surface area contributed by atoms with Crippen LogP contribution in [0.5, 0.6) is 5.75 Å². The molecule has 0 aliphatic carbocycles. The summed E-state index contributed by atoms with van der Waals surface area (Å²) in [6, 6.07) is 14.1. The van der Waals surface area contributed by atoms with Crippen LogP contribution in [0.25, 0.3) is 11.0 Å². The van der Waals surface area contributed by atoms with E-state index in [2.05, 4.69) is 20.1 Å². The normalized spacial score (nSPS) is 16.2. The summed E-state index contributed by atoms with van der Waals surface area (Å²) < 4.78 is 25.3. The molecule has 0 spiro atoms. The molecule has 2 saturated heterocycles. The zero-order valence-electron chi connectivity index (χ0n) is 30.9. The first-order valence-corrected chi connectivity index (χ1v) is 18.8. The minimum atomic E-state index is -0.775. The Balaban J connectivity index is 0.000000448. The number of morpholine rings is 2. The summed E-state index contributed by atoms with van der Waals surface area (Å²) in [5.74, 6) is -2.60. The van der Waals surface area contributed by atoms with Crippen molar-refractivity contribution in [1.82, 2.24) is 29.6 Å². The summed E-state index contributed by atoms with van der Waals surface area (Å²) in [7, 11) is 0. The molecular weight excluding hydrogens is 709 g/mol. The van der Waals surface area contributed by atoms with Gasteiger partial charge in [0.15, 0.2) is 5.75 Å². The average Bonchev–Trinajstić information content (AvgIpc) is 3.45. The highest BCUT2D eigenvalue weighted by atomic mass is 19.1. The van der Waals surface area contributed by atoms with E-state index in [4.69, 9.17) is 15.2 Å². The first kappa shape index (κ1) is 39.6. The Morgan fingerprint density at radius 1 is 0.818 bits per heavy atom. The van der Waals surface area contributed by atoms with Crippen molar-refractivity contribution in [3.63, 3.8) is 0 Å². The number of hydrogen-bond donors (Lipinski definition) is 3. The molecule has 4 N–H and O–H groups in total. The number of rotatable bonds is 13. The fourth-order valence-corrected chi connectivity index (χ4v) is 6.91. The van der Waals surface area contributed by atoms with Crippen LogP contribution in [0.3, 0.4) is 0 Å². The molecule has 7 rings (SSSR count). The van der Waals surface area contributed by atoms with Crippen LogP contribution in [0.1, 0.15) is 55.0 Å². The van der Waals surface area contributed by atoms with E-state index in [0.717, 1.165) is 75.9 Å². The van der Waals surface area contributed by atoms with Crippen molar-refractivity contribution in [3.8, 4) is 5.75 Å². The van der Waals surface area contributed by atoms with Crippen molar-refractivity contribution in [3.05, 3.63) is 105 Å². The Kier molecular flexibility index (Phi) is 13.7. The number of halogens is 1. The maximum atomic E-state index is 13.9. The number of hydrogen-bond acceptors (Lipinski definition) is 11. The SMILES string of the molecule is NCCCN1CCOCC1.O=C(NCCCN1CCOCC1)c1c(O)c2ncc(Cc3ccc(F)cc3)cc2n(CCN2C(=O)c3ccccc3C2=O)c1=O. The minimum Gasteiger partial charge on any atom is -0.505 e. The minimum absolute atomic E-state index is 0.0262. The Bertz CT molecular complexity index is 1990. The number of pyridine rings is 2. The molecular formula is C40H48FN7O7. The maximum Gasteiger partial charge on any atom is 0.267 e. The fourth-order valence-electron chi connectivity index (χ4n) is 6.91. The van der Waals surface area contributed by atoms with Gasteiger partial charge in [0.25, 0.3) is 23.3 Å². The maximum absolute atomic E-state index is 13.9. The van der Waals surface area contributed by atoms with Crippen LogP contribution in [-0.2, 0) is 22.4 Å². The van der Waals surface area contributed by atoms with Crippen molar-refractivity contribution < 1.29 is 33.4 Å². The molecule has 4 aromatic rings. The van der Waals surface area contributed by atoms with Crippen LogP contribution in [0, 0.1) is 5.82 Å². The van der Waals surface area contributed by atoms with E-state index in [0.29, 0.717) is 31.6 Å². The lowest BCUT2D eigenvalue weighted by atomic mass is 10.1. The van der Waals surface area contributed by atoms with Gasteiger partial charge in [-0.2, -0.15) is 0 Å². The van der Waals surface area contributed by atoms with Crippen LogP contribution < -0.4 is 16.6 Å². The summed E-state index contributed by atoms with van der Waals surface area (Å²) in [5.41, 5.74) is 6.45. The molecule has 3 aliphatic heterocycles. The van der Waals surface area contributed by atoms with Gasteiger partial charge in [-0.15, -0.1) is 0 Å². The molecule has 0 unspecified atom stereocenters. The van der Waals surface area contributed by atoms with Crippen molar-refractivity contribution >= 4 is 28.8 Å². The van der Waals surface area contributed by atoms with Crippen LogP contribution in [0.2, 0.25) is 0 Å². The van der Waals surface area contributed by atoms with E-state index in [1.54, 1.807) is 42.5 Å². The first-order chi connectivity index (χ1) is 26.7. The topological polar surface area (TPSA) is 173 Å². The molecule has 0 saturated carbocycles. The molecule has 15 heteroatoms. The quantitative estimate of drug-likeness (QED) is 0.135. The third-order valence-electron chi connectivity index (χ3n) is 9.93. The van der Waals surface area contributed by atoms with Crippen molar-refractivity contribution in [2.24, 2.45) is 5.73 Å². The Morgan fingerprint density at radius 2 is 1.42 bits per heavy atom. The largest absolute Gasteiger partial charge is 0.505 e. The molecule has 5 heterocycles. The van der Waals surface area contributed by atoms with Crippen LogP contribution in [0.4, 0.5) is 4.39 Å². The smallest absolute Gasteiger partial charge is 0.267 e. The Hall–Kier alpha value is -5.06. The van der Waals surface area contributed by atoms with Crippen LogP contribution in [-0.4, -0.2) is 132 Å². The molecule has 2 aromatic heterocycles. The number of benzene rings is 2. The van der Waals surface area contributed by atoms with Gasteiger partial charge < -0.3 is 30.2 Å². The predicted octanol–water partition coefficient (Wildman–Crippen LogP) is 2.25. The first-order valence-electron chi connectivity index (χ1n) is 18.8. The number of fused-ring (bicyclic) bond motifs is 2. The number of ether oxygens (including phenoxy) is 2. The molecule has 3 aliphatic rings. The summed E-state index contributed by atoms with van der Waals surface area (Å²) in [5, 5.41) is 13.9. The number of nitrogens with two attached hydrogens (primary N) is 1. The average molecular weight is 758 g/mol. The molecule has 3 amide bonds. The molecule has 2 fully saturated rings. The fraction of sp³-hybridized carbons (Fsp3) is 0.425. The number of aromatic nitrogens is 2. The molecule has 14 nitrogen and oxygen atoms in total. The number of carbonyl (C=O) groups is 3. The lowest BCUT2D eigenvalue weighted by Gasteiger charge is -2.26. The Labute approximate surface area is 318 Å². The molecule has 292 valence electrons. The molecule has 0 bridgehead atoms. The number of nitrogens with zero attached hydrogens (tertiary/aromatic N) is 5. The summed E-state index contributed by atoms with van der Waals surface area (Å²) in [6.45, 7) is 9.59. The monoisotopic (exact) mass is 757 g/mol. The van der Waals surface area contributed by atoms with E-state index in [1.165, 1.54) is 22.9 Å². The van der Waals surface area contributed by atoms with E-state index in [-0.39, 0.29) is 47.6 Å². The number of imide groups is 1. The molecule has 0 atom stereocenters. The van der Waals surface area contributed by atoms with E-state index in [9.17, 15) is 28.7 Å². The third kappa shape index (κ3) is 9.79. The number of nitrogens with one attached hydrogen (secondary N) is 1. The molecule has 2 aromatic carbocycles. The second-order valence-electron chi connectivity index (χ2n) is 13.7. The van der Waals surface area contributed by atoms with E-state index in [1.807, 2.05) is 0 Å². The van der Waals surface area contributed by atoms with Crippen LogP contribution in [0.15, 0.2) is 65.6 Å². The van der Waals surface area contributed by atoms with Gasteiger partial charge in [0, 0.05) is 52.0 Å². The number of amides is 3. The highest BCUT2D eigenvalue weighted by Gasteiger charge is 2.35. The highest BCUT2D eigenvalue weighted by Crippen LogP contribution is 2.27. The van der Waals surface area contributed by atoms with Crippen molar-refractivity contribution in [2.45, 2.75) is 25.8 Å². The second kappa shape index (κ2) is 19.0. The number of aromatic hydroxyl groups is 1. The van der Waals surface area contributed by atoms with Gasteiger partial charge in [0.05, 0.1) is 43.1 Å².